The van der Waals surface area contributed by atoms with Crippen molar-refractivity contribution in [2.45, 2.75) is 26.9 Å². The third-order valence-electron chi connectivity index (χ3n) is 3.66. The van der Waals surface area contributed by atoms with E-state index in [1.807, 2.05) is 0 Å². The van der Waals surface area contributed by atoms with Crippen LogP contribution in [0.3, 0.4) is 0 Å². The first-order valence-electron chi connectivity index (χ1n) is 8.17. The van der Waals surface area contributed by atoms with Crippen molar-refractivity contribution in [3.05, 3.63) is 69.3 Å². The number of nitro benzene ring substituents is 1. The first-order chi connectivity index (χ1) is 12.5. The van der Waals surface area contributed by atoms with Crippen LogP contribution in [-0.4, -0.2) is 23.3 Å². The van der Waals surface area contributed by atoms with E-state index in [4.69, 9.17) is 9.47 Å². The van der Waals surface area contributed by atoms with Crippen molar-refractivity contribution >= 4 is 17.4 Å². The van der Waals surface area contributed by atoms with Gasteiger partial charge in [-0.05, 0) is 36.8 Å². The molecule has 7 nitrogen and oxygen atoms in total. The molecule has 0 unspecified atom stereocenters. The molecule has 0 saturated carbocycles. The molecule has 136 valence electrons. The van der Waals surface area contributed by atoms with E-state index in [9.17, 15) is 19.7 Å². The normalized spacial score (nSPS) is 10.2. The molecule has 0 heterocycles. The summed E-state index contributed by atoms with van der Waals surface area (Å²) in [5.74, 6) is -0.567. The Morgan fingerprint density at radius 1 is 1.04 bits per heavy atom. The Kier molecular flexibility index (Phi) is 6.43. The molecule has 0 radical (unpaired) electrons. The second-order valence-corrected chi connectivity index (χ2v) is 5.39. The minimum absolute atomic E-state index is 0.0254. The van der Waals surface area contributed by atoms with Crippen molar-refractivity contribution in [2.75, 3.05) is 6.61 Å². The Labute approximate surface area is 150 Å². The number of non-ortho nitro benzene ring substituents is 1. The van der Waals surface area contributed by atoms with E-state index in [-0.39, 0.29) is 42.4 Å². The number of nitrogens with zero attached hydrogens (tertiary/aromatic N) is 1. The summed E-state index contributed by atoms with van der Waals surface area (Å²) in [5, 5.41) is 10.7. The van der Waals surface area contributed by atoms with E-state index in [0.717, 1.165) is 0 Å². The molecular weight excluding hydrogens is 338 g/mol. The molecular formula is C19H19NO6. The van der Waals surface area contributed by atoms with E-state index in [2.05, 4.69) is 0 Å². The summed E-state index contributed by atoms with van der Waals surface area (Å²) in [6.07, 6.45) is 0.264. The van der Waals surface area contributed by atoms with E-state index < -0.39 is 10.9 Å². The Hall–Kier alpha value is -3.22. The summed E-state index contributed by atoms with van der Waals surface area (Å²) in [4.78, 5) is 34.6. The van der Waals surface area contributed by atoms with Crippen molar-refractivity contribution in [1.82, 2.24) is 0 Å². The zero-order valence-corrected chi connectivity index (χ0v) is 14.6. The number of hydrogen-bond donors (Lipinski definition) is 0. The van der Waals surface area contributed by atoms with E-state index in [1.54, 1.807) is 38.1 Å². The van der Waals surface area contributed by atoms with Crippen LogP contribution in [0, 0.1) is 10.1 Å². The van der Waals surface area contributed by atoms with Gasteiger partial charge >= 0.3 is 5.97 Å². The molecule has 0 saturated heterocycles. The average molecular weight is 357 g/mol. The molecule has 0 aliphatic carbocycles. The van der Waals surface area contributed by atoms with Gasteiger partial charge in [-0.1, -0.05) is 13.0 Å². The highest BCUT2D eigenvalue weighted by Gasteiger charge is 2.20. The second-order valence-electron chi connectivity index (χ2n) is 5.39. The monoisotopic (exact) mass is 357 g/mol. The first kappa shape index (κ1) is 19.1. The Morgan fingerprint density at radius 3 is 2.27 bits per heavy atom. The molecule has 0 aliphatic rings. The second kappa shape index (κ2) is 8.75. The van der Waals surface area contributed by atoms with Gasteiger partial charge in [-0.3, -0.25) is 14.9 Å². The lowest BCUT2D eigenvalue weighted by atomic mass is 10.0. The third-order valence-corrected chi connectivity index (χ3v) is 3.66. The van der Waals surface area contributed by atoms with Crippen LogP contribution < -0.4 is 4.74 Å². The van der Waals surface area contributed by atoms with Gasteiger partial charge in [0.25, 0.3) is 5.69 Å². The third kappa shape index (κ3) is 4.44. The van der Waals surface area contributed by atoms with Crippen LogP contribution in [0.4, 0.5) is 5.69 Å². The number of ketones is 1. The number of rotatable bonds is 8. The summed E-state index contributed by atoms with van der Waals surface area (Å²) in [6.45, 7) is 3.67. The van der Waals surface area contributed by atoms with Gasteiger partial charge < -0.3 is 9.47 Å². The summed E-state index contributed by atoms with van der Waals surface area (Å²) < 4.78 is 10.8. The number of nitro groups is 1. The molecule has 26 heavy (non-hydrogen) atoms. The fraction of sp³-hybridized carbons (Fsp3) is 0.263. The Bertz CT molecular complexity index is 813. The maximum absolute atomic E-state index is 12.2. The van der Waals surface area contributed by atoms with Gasteiger partial charge in [-0.15, -0.1) is 0 Å². The molecule has 2 rings (SSSR count). The van der Waals surface area contributed by atoms with E-state index in [1.165, 1.54) is 18.2 Å². The van der Waals surface area contributed by atoms with Crippen molar-refractivity contribution in [3.63, 3.8) is 0 Å². The average Bonchev–Trinajstić information content (AvgIpc) is 2.65. The smallest absolute Gasteiger partial charge is 0.341 e. The summed E-state index contributed by atoms with van der Waals surface area (Å²) in [5.41, 5.74) is 1.12. The molecule has 2 aromatic rings. The lowest BCUT2D eigenvalue weighted by Crippen LogP contribution is -2.11. The molecule has 0 fully saturated rings. The molecule has 0 amide bonds. The zero-order chi connectivity index (χ0) is 19.1. The number of carbonyl (C=O) groups excluding carboxylic acids is 2. The maximum Gasteiger partial charge on any atom is 0.341 e. The van der Waals surface area contributed by atoms with Crippen LogP contribution in [-0.2, 0) is 11.3 Å². The lowest BCUT2D eigenvalue weighted by molar-refractivity contribution is -0.384. The van der Waals surface area contributed by atoms with Gasteiger partial charge in [0.05, 0.1) is 17.1 Å². The highest BCUT2D eigenvalue weighted by atomic mass is 16.6. The van der Waals surface area contributed by atoms with Crippen molar-refractivity contribution < 1.29 is 24.0 Å². The number of esters is 1. The molecule has 0 spiro atoms. The van der Waals surface area contributed by atoms with Crippen LogP contribution in [0.1, 0.15) is 46.5 Å². The largest absolute Gasteiger partial charge is 0.487 e. The molecule has 0 atom stereocenters. The van der Waals surface area contributed by atoms with Gasteiger partial charge in [0.15, 0.2) is 5.78 Å². The highest BCUT2D eigenvalue weighted by molar-refractivity contribution is 6.03. The fourth-order valence-corrected chi connectivity index (χ4v) is 2.34. The van der Waals surface area contributed by atoms with Crippen LogP contribution >= 0.6 is 0 Å². The minimum atomic E-state index is -0.572. The number of para-hydroxylation sites is 1. The minimum Gasteiger partial charge on any atom is -0.487 e. The number of ether oxygens (including phenoxy) is 2. The number of hydrogen-bond acceptors (Lipinski definition) is 6. The SMILES string of the molecule is CCOC(=O)c1cccc(C(=O)CC)c1OCc1ccc([N+](=O)[O-])cc1. The molecule has 0 aromatic heterocycles. The van der Waals surface area contributed by atoms with Gasteiger partial charge in [0.2, 0.25) is 0 Å². The topological polar surface area (TPSA) is 95.7 Å². The van der Waals surface area contributed by atoms with Crippen molar-refractivity contribution in [3.8, 4) is 5.75 Å². The summed E-state index contributed by atoms with van der Waals surface area (Å²) >= 11 is 0. The molecule has 7 heteroatoms. The first-order valence-corrected chi connectivity index (χ1v) is 8.17. The molecule has 0 aliphatic heterocycles. The van der Waals surface area contributed by atoms with Crippen LogP contribution in [0.25, 0.3) is 0 Å². The zero-order valence-electron chi connectivity index (χ0n) is 14.6. The number of Topliss-reactive ketones (excluding diaryl/α,β-unsaturated/α-hetero) is 1. The molecule has 0 N–H and O–H groups in total. The molecule has 2 aromatic carbocycles. The lowest BCUT2D eigenvalue weighted by Gasteiger charge is -2.14. The Morgan fingerprint density at radius 2 is 1.69 bits per heavy atom. The maximum atomic E-state index is 12.2. The number of carbonyl (C=O) groups is 2. The van der Waals surface area contributed by atoms with Gasteiger partial charge in [0, 0.05) is 18.6 Å². The highest BCUT2D eigenvalue weighted by Crippen LogP contribution is 2.27. The summed E-state index contributed by atoms with van der Waals surface area (Å²) in [7, 11) is 0. The van der Waals surface area contributed by atoms with Crippen LogP contribution in [0.15, 0.2) is 42.5 Å². The van der Waals surface area contributed by atoms with E-state index in [0.29, 0.717) is 11.1 Å². The van der Waals surface area contributed by atoms with Crippen molar-refractivity contribution in [1.29, 1.82) is 0 Å². The van der Waals surface area contributed by atoms with Crippen molar-refractivity contribution in [2.24, 2.45) is 0 Å². The predicted octanol–water partition coefficient (Wildman–Crippen LogP) is 3.94. The van der Waals surface area contributed by atoms with E-state index >= 15 is 0 Å². The quantitative estimate of drug-likeness (QED) is 0.307. The van der Waals surface area contributed by atoms with Crippen LogP contribution in [0.2, 0.25) is 0 Å². The predicted molar refractivity (Wildman–Crippen MR) is 94.4 cm³/mol. The number of benzene rings is 2. The van der Waals surface area contributed by atoms with Crippen LogP contribution in [0.5, 0.6) is 5.75 Å². The standard InChI is InChI=1S/C19H19NO6/c1-3-17(21)15-6-5-7-16(19(22)25-4-2)18(15)26-12-13-8-10-14(11-9-13)20(23)24/h5-11H,3-4,12H2,1-2H3. The van der Waals surface area contributed by atoms with Gasteiger partial charge in [0.1, 0.15) is 17.9 Å². The van der Waals surface area contributed by atoms with Gasteiger partial charge in [-0.25, -0.2) is 4.79 Å². The summed E-state index contributed by atoms with van der Waals surface area (Å²) in [6, 6.07) is 10.6. The Balaban J connectivity index is 2.31. The fourth-order valence-electron chi connectivity index (χ4n) is 2.34. The van der Waals surface area contributed by atoms with Gasteiger partial charge in [-0.2, -0.15) is 0 Å². The molecule has 0 bridgehead atoms.